The molecular weight excluding hydrogens is 280 g/mol. The molecule has 0 atom stereocenters. The summed E-state index contributed by atoms with van der Waals surface area (Å²) in [7, 11) is 0. The molecule has 1 aliphatic rings. The van der Waals surface area contributed by atoms with Gasteiger partial charge in [0, 0.05) is 17.5 Å². The van der Waals surface area contributed by atoms with E-state index in [4.69, 9.17) is 11.6 Å². The van der Waals surface area contributed by atoms with E-state index in [1.54, 1.807) is 6.08 Å². The van der Waals surface area contributed by atoms with Crippen molar-refractivity contribution in [2.24, 2.45) is 10.9 Å². The number of aromatic nitrogens is 1. The molecular formula is C14H13ClN2OS. The highest BCUT2D eigenvalue weighted by Crippen LogP contribution is 2.30. The number of carbonyl (C=O) groups is 1. The number of rotatable bonds is 3. The van der Waals surface area contributed by atoms with Crippen molar-refractivity contribution in [2.45, 2.75) is 19.4 Å². The van der Waals surface area contributed by atoms with E-state index in [2.05, 4.69) is 11.6 Å². The molecule has 3 nitrogen and oxygen atoms in total. The number of amides is 1. The fraction of sp³-hybridized carbons (Fsp3) is 0.286. The van der Waals surface area contributed by atoms with Crippen LogP contribution < -0.4 is 4.80 Å². The van der Waals surface area contributed by atoms with Crippen LogP contribution in [0.4, 0.5) is 0 Å². The van der Waals surface area contributed by atoms with Crippen LogP contribution in [0.2, 0.25) is 5.02 Å². The second-order valence-electron chi connectivity index (χ2n) is 4.62. The zero-order chi connectivity index (χ0) is 13.4. The summed E-state index contributed by atoms with van der Waals surface area (Å²) < 4.78 is 3.04. The average Bonchev–Trinajstić information content (AvgIpc) is 3.16. The maximum absolute atomic E-state index is 11.8. The van der Waals surface area contributed by atoms with Crippen molar-refractivity contribution in [1.29, 1.82) is 0 Å². The van der Waals surface area contributed by atoms with Gasteiger partial charge in [0.2, 0.25) is 0 Å². The zero-order valence-electron chi connectivity index (χ0n) is 10.3. The molecule has 0 saturated heterocycles. The molecule has 3 rings (SSSR count). The first kappa shape index (κ1) is 12.6. The fourth-order valence-corrected chi connectivity index (χ4v) is 3.27. The van der Waals surface area contributed by atoms with E-state index in [9.17, 15) is 4.79 Å². The summed E-state index contributed by atoms with van der Waals surface area (Å²) in [5.74, 6) is 0.140. The predicted molar refractivity (Wildman–Crippen MR) is 78.3 cm³/mol. The van der Waals surface area contributed by atoms with Gasteiger partial charge in [-0.05, 0) is 31.0 Å². The van der Waals surface area contributed by atoms with Crippen molar-refractivity contribution in [3.05, 3.63) is 40.7 Å². The normalized spacial score (nSPS) is 15.9. The number of halogens is 1. The Morgan fingerprint density at radius 2 is 2.37 bits per heavy atom. The number of hydrogen-bond donors (Lipinski definition) is 0. The number of benzene rings is 1. The Bertz CT molecular complexity index is 725. The molecule has 1 fully saturated rings. The maximum atomic E-state index is 11.8. The Hall–Kier alpha value is -1.39. The summed E-state index contributed by atoms with van der Waals surface area (Å²) in [6, 6.07) is 5.71. The minimum absolute atomic E-state index is 0.00420. The van der Waals surface area contributed by atoms with Crippen LogP contribution in [-0.4, -0.2) is 10.5 Å². The number of hydrogen-bond acceptors (Lipinski definition) is 2. The molecule has 0 radical (unpaired) electrons. The van der Waals surface area contributed by atoms with Gasteiger partial charge in [-0.2, -0.15) is 4.99 Å². The van der Waals surface area contributed by atoms with Gasteiger partial charge >= 0.3 is 0 Å². The molecule has 2 aromatic rings. The maximum Gasteiger partial charge on any atom is 0.251 e. The molecule has 0 N–H and O–H groups in total. The number of thiazole rings is 1. The van der Waals surface area contributed by atoms with Crippen molar-refractivity contribution in [3.8, 4) is 0 Å². The SMILES string of the molecule is C=CCn1c(=NC(=O)C2CC2)sc2cc(Cl)ccc21. The lowest BCUT2D eigenvalue weighted by atomic mass is 10.3. The monoisotopic (exact) mass is 292 g/mol. The van der Waals surface area contributed by atoms with Crippen LogP contribution in [0.3, 0.4) is 0 Å². The van der Waals surface area contributed by atoms with Gasteiger partial charge in [-0.15, -0.1) is 6.58 Å². The van der Waals surface area contributed by atoms with Gasteiger partial charge in [0.1, 0.15) is 0 Å². The largest absolute Gasteiger partial charge is 0.313 e. The van der Waals surface area contributed by atoms with Gasteiger partial charge < -0.3 is 4.57 Å². The van der Waals surface area contributed by atoms with Crippen LogP contribution >= 0.6 is 22.9 Å². The first-order valence-corrected chi connectivity index (χ1v) is 7.37. The minimum Gasteiger partial charge on any atom is -0.313 e. The van der Waals surface area contributed by atoms with E-state index in [0.717, 1.165) is 27.9 Å². The molecule has 1 saturated carbocycles. The third kappa shape index (κ3) is 2.51. The standard InChI is InChI=1S/C14H13ClN2OS/c1-2-7-17-11-6-5-10(15)8-12(11)19-14(17)16-13(18)9-3-4-9/h2,5-6,8-9H,1,3-4,7H2. The van der Waals surface area contributed by atoms with E-state index in [1.165, 1.54) is 11.3 Å². The van der Waals surface area contributed by atoms with Gasteiger partial charge in [-0.25, -0.2) is 0 Å². The van der Waals surface area contributed by atoms with E-state index in [1.807, 2.05) is 22.8 Å². The van der Waals surface area contributed by atoms with Crippen LogP contribution in [-0.2, 0) is 11.3 Å². The lowest BCUT2D eigenvalue weighted by Crippen LogP contribution is -2.16. The van der Waals surface area contributed by atoms with Gasteiger partial charge in [0.05, 0.1) is 10.2 Å². The number of carbonyl (C=O) groups excluding carboxylic acids is 1. The molecule has 1 aromatic carbocycles. The highest BCUT2D eigenvalue weighted by atomic mass is 35.5. The van der Waals surface area contributed by atoms with Crippen molar-refractivity contribution in [1.82, 2.24) is 4.57 Å². The minimum atomic E-state index is -0.00420. The number of allylic oxidation sites excluding steroid dienone is 1. The summed E-state index contributed by atoms with van der Waals surface area (Å²) in [5.41, 5.74) is 1.04. The molecule has 0 aliphatic heterocycles. The van der Waals surface area contributed by atoms with Crippen molar-refractivity contribution in [2.75, 3.05) is 0 Å². The molecule has 0 spiro atoms. The lowest BCUT2D eigenvalue weighted by Gasteiger charge is -2.00. The van der Waals surface area contributed by atoms with Crippen LogP contribution in [0.25, 0.3) is 10.2 Å². The van der Waals surface area contributed by atoms with Crippen molar-refractivity contribution in [3.63, 3.8) is 0 Å². The summed E-state index contributed by atoms with van der Waals surface area (Å²) in [6.07, 6.45) is 3.75. The predicted octanol–water partition coefficient (Wildman–Crippen LogP) is 3.38. The van der Waals surface area contributed by atoms with Gasteiger partial charge in [-0.3, -0.25) is 4.79 Å². The third-order valence-corrected chi connectivity index (χ3v) is 4.37. The topological polar surface area (TPSA) is 34.4 Å². The molecule has 1 amide bonds. The molecule has 0 bridgehead atoms. The summed E-state index contributed by atoms with van der Waals surface area (Å²) in [5, 5.41) is 0.694. The van der Waals surface area contributed by atoms with Gasteiger partial charge in [-0.1, -0.05) is 29.0 Å². The average molecular weight is 293 g/mol. The Morgan fingerprint density at radius 3 is 3.05 bits per heavy atom. The second kappa shape index (κ2) is 4.94. The van der Waals surface area contributed by atoms with E-state index < -0.39 is 0 Å². The lowest BCUT2D eigenvalue weighted by molar-refractivity contribution is -0.119. The Balaban J connectivity index is 2.18. The summed E-state index contributed by atoms with van der Waals surface area (Å²) in [4.78, 5) is 16.8. The highest BCUT2D eigenvalue weighted by molar-refractivity contribution is 7.16. The Kier molecular flexibility index (Phi) is 3.29. The molecule has 98 valence electrons. The van der Waals surface area contributed by atoms with E-state index >= 15 is 0 Å². The summed E-state index contributed by atoms with van der Waals surface area (Å²) in [6.45, 7) is 4.40. The van der Waals surface area contributed by atoms with E-state index in [0.29, 0.717) is 11.6 Å². The van der Waals surface area contributed by atoms with Gasteiger partial charge in [0.25, 0.3) is 5.91 Å². The molecule has 5 heteroatoms. The number of nitrogens with zero attached hydrogens (tertiary/aromatic N) is 2. The smallest absolute Gasteiger partial charge is 0.251 e. The molecule has 1 aliphatic carbocycles. The van der Waals surface area contributed by atoms with Crippen LogP contribution in [0, 0.1) is 5.92 Å². The highest BCUT2D eigenvalue weighted by Gasteiger charge is 2.29. The van der Waals surface area contributed by atoms with Crippen LogP contribution in [0.1, 0.15) is 12.8 Å². The third-order valence-electron chi connectivity index (χ3n) is 3.09. The second-order valence-corrected chi connectivity index (χ2v) is 6.07. The molecule has 1 heterocycles. The Morgan fingerprint density at radius 1 is 1.58 bits per heavy atom. The Labute approximate surface area is 119 Å². The first-order valence-electron chi connectivity index (χ1n) is 6.17. The van der Waals surface area contributed by atoms with Gasteiger partial charge in [0.15, 0.2) is 4.80 Å². The molecule has 19 heavy (non-hydrogen) atoms. The summed E-state index contributed by atoms with van der Waals surface area (Å²) >= 11 is 7.50. The zero-order valence-corrected chi connectivity index (χ0v) is 11.9. The molecule has 0 unspecified atom stereocenters. The number of fused-ring (bicyclic) bond motifs is 1. The first-order chi connectivity index (χ1) is 9.19. The van der Waals surface area contributed by atoms with Crippen molar-refractivity contribution >= 4 is 39.1 Å². The quantitative estimate of drug-likeness (QED) is 0.799. The fourth-order valence-electron chi connectivity index (χ4n) is 1.95. The van der Waals surface area contributed by atoms with Crippen molar-refractivity contribution < 1.29 is 4.79 Å². The van der Waals surface area contributed by atoms with Crippen LogP contribution in [0.5, 0.6) is 0 Å². The van der Waals surface area contributed by atoms with E-state index in [-0.39, 0.29) is 11.8 Å². The van der Waals surface area contributed by atoms with Crippen LogP contribution in [0.15, 0.2) is 35.8 Å². The molecule has 1 aromatic heterocycles.